The highest BCUT2D eigenvalue weighted by atomic mass is 35.5. The summed E-state index contributed by atoms with van der Waals surface area (Å²) in [6.07, 6.45) is 0.599. The van der Waals surface area contributed by atoms with Gasteiger partial charge in [-0.3, -0.25) is 14.4 Å². The number of amides is 2. The topological polar surface area (TPSA) is 102 Å². The number of nitrogens with one attached hydrogen (secondary N) is 2. The van der Waals surface area contributed by atoms with E-state index in [4.69, 9.17) is 11.6 Å². The van der Waals surface area contributed by atoms with Crippen LogP contribution >= 0.6 is 11.6 Å². The SMILES string of the molecule is O=Cc1cc2cc(N3CC[C@](O)(C(=O)NCc4cc(F)cc(Cl)c4)C3=O)ccc2[nH]1. The van der Waals surface area contributed by atoms with Crippen molar-refractivity contribution in [2.24, 2.45) is 0 Å². The fourth-order valence-corrected chi connectivity index (χ4v) is 3.82. The van der Waals surface area contributed by atoms with Gasteiger partial charge in [0.15, 0.2) is 6.29 Å². The Hall–Kier alpha value is -3.23. The van der Waals surface area contributed by atoms with Gasteiger partial charge >= 0.3 is 0 Å². The Balaban J connectivity index is 1.50. The van der Waals surface area contributed by atoms with Gasteiger partial charge in [0, 0.05) is 41.1 Å². The molecule has 2 heterocycles. The van der Waals surface area contributed by atoms with Crippen LogP contribution in [0.15, 0.2) is 42.5 Å². The van der Waals surface area contributed by atoms with E-state index in [9.17, 15) is 23.9 Å². The number of carbonyl (C=O) groups excluding carboxylic acids is 3. The van der Waals surface area contributed by atoms with E-state index < -0.39 is 23.2 Å². The number of rotatable bonds is 5. The van der Waals surface area contributed by atoms with Crippen molar-refractivity contribution < 1.29 is 23.9 Å². The number of aliphatic hydroxyl groups is 1. The van der Waals surface area contributed by atoms with E-state index in [0.717, 1.165) is 17.0 Å². The van der Waals surface area contributed by atoms with E-state index in [-0.39, 0.29) is 24.5 Å². The van der Waals surface area contributed by atoms with E-state index in [0.29, 0.717) is 23.2 Å². The third-order valence-corrected chi connectivity index (χ3v) is 5.33. The molecule has 1 fully saturated rings. The Morgan fingerprint density at radius 3 is 2.83 bits per heavy atom. The highest BCUT2D eigenvalue weighted by Gasteiger charge is 2.51. The number of H-pyrrole nitrogens is 1. The van der Waals surface area contributed by atoms with Crippen LogP contribution in [-0.2, 0) is 16.1 Å². The molecule has 1 atom stereocenters. The standard InChI is InChI=1S/C21H17ClFN3O4/c22-14-5-12(6-15(23)9-14)10-24-19(28)21(30)3-4-26(20(21)29)17-1-2-18-13(8-17)7-16(11-27)25-18/h1-2,5-9,11,25,30H,3-4,10H2,(H,24,28)/t21-/m0/s1. The lowest BCUT2D eigenvalue weighted by Crippen LogP contribution is -2.52. The number of aromatic nitrogens is 1. The Bertz CT molecular complexity index is 1160. The second kappa shape index (κ2) is 7.55. The van der Waals surface area contributed by atoms with Crippen LogP contribution in [0.25, 0.3) is 10.9 Å². The summed E-state index contributed by atoms with van der Waals surface area (Å²) >= 11 is 5.80. The number of hydrogen-bond donors (Lipinski definition) is 3. The van der Waals surface area contributed by atoms with Crippen molar-refractivity contribution in [3.63, 3.8) is 0 Å². The maximum Gasteiger partial charge on any atom is 0.268 e. The molecule has 3 N–H and O–H groups in total. The first-order chi connectivity index (χ1) is 14.3. The second-order valence-corrected chi connectivity index (χ2v) is 7.58. The van der Waals surface area contributed by atoms with E-state index in [1.165, 1.54) is 17.0 Å². The minimum absolute atomic E-state index is 0.0876. The molecule has 2 aromatic carbocycles. The summed E-state index contributed by atoms with van der Waals surface area (Å²) in [5, 5.41) is 14.1. The fourth-order valence-electron chi connectivity index (χ4n) is 3.58. The number of aldehydes is 1. The number of halogens is 2. The minimum atomic E-state index is -2.22. The molecule has 0 unspecified atom stereocenters. The fraction of sp³-hybridized carbons (Fsp3) is 0.190. The van der Waals surface area contributed by atoms with Gasteiger partial charge in [0.2, 0.25) is 5.60 Å². The quantitative estimate of drug-likeness (QED) is 0.428. The van der Waals surface area contributed by atoms with Crippen molar-refractivity contribution in [1.29, 1.82) is 0 Å². The maximum absolute atomic E-state index is 13.4. The van der Waals surface area contributed by atoms with Gasteiger partial charge in [0.05, 0.1) is 5.69 Å². The highest BCUT2D eigenvalue weighted by molar-refractivity contribution is 6.30. The third kappa shape index (κ3) is 3.55. The molecule has 9 heteroatoms. The first-order valence-electron chi connectivity index (χ1n) is 9.16. The zero-order valence-electron chi connectivity index (χ0n) is 15.6. The van der Waals surface area contributed by atoms with Crippen LogP contribution in [0.5, 0.6) is 0 Å². The maximum atomic E-state index is 13.4. The van der Waals surface area contributed by atoms with Gasteiger partial charge in [-0.25, -0.2) is 4.39 Å². The number of fused-ring (bicyclic) bond motifs is 1. The number of aromatic amines is 1. The average molecular weight is 430 g/mol. The van der Waals surface area contributed by atoms with Crippen molar-refractivity contribution in [3.8, 4) is 0 Å². The second-order valence-electron chi connectivity index (χ2n) is 7.14. The number of nitrogens with zero attached hydrogens (tertiary/aromatic N) is 1. The molecule has 0 radical (unpaired) electrons. The third-order valence-electron chi connectivity index (χ3n) is 5.11. The minimum Gasteiger partial charge on any atom is -0.372 e. The van der Waals surface area contributed by atoms with Gasteiger partial charge in [-0.15, -0.1) is 0 Å². The van der Waals surface area contributed by atoms with Gasteiger partial charge in [0.25, 0.3) is 11.8 Å². The summed E-state index contributed by atoms with van der Waals surface area (Å²) in [4.78, 5) is 40.6. The monoisotopic (exact) mass is 429 g/mol. The molecule has 154 valence electrons. The molecule has 3 aromatic rings. The van der Waals surface area contributed by atoms with Crippen LogP contribution in [0.1, 0.15) is 22.5 Å². The summed E-state index contributed by atoms with van der Waals surface area (Å²) in [5.74, 6) is -2.16. The van der Waals surface area contributed by atoms with Crippen LogP contribution in [0.2, 0.25) is 5.02 Å². The van der Waals surface area contributed by atoms with Gasteiger partial charge < -0.3 is 20.3 Å². The molecule has 1 saturated heterocycles. The molecule has 1 aliphatic rings. The Labute approximate surface area is 175 Å². The summed E-state index contributed by atoms with van der Waals surface area (Å²) in [6, 6.07) is 10.6. The van der Waals surface area contributed by atoms with Crippen molar-refractivity contribution in [1.82, 2.24) is 10.3 Å². The predicted molar refractivity (Wildman–Crippen MR) is 109 cm³/mol. The molecule has 30 heavy (non-hydrogen) atoms. The first-order valence-corrected chi connectivity index (χ1v) is 9.53. The van der Waals surface area contributed by atoms with Gasteiger partial charge in [0.1, 0.15) is 5.82 Å². The first kappa shape index (κ1) is 20.1. The van der Waals surface area contributed by atoms with Gasteiger partial charge in [-0.2, -0.15) is 0 Å². The van der Waals surface area contributed by atoms with E-state index >= 15 is 0 Å². The number of hydrogen-bond acceptors (Lipinski definition) is 4. The molecule has 0 saturated carbocycles. The normalized spacial score (nSPS) is 18.8. The number of carbonyl (C=O) groups is 3. The van der Waals surface area contributed by atoms with Crippen LogP contribution < -0.4 is 10.2 Å². The van der Waals surface area contributed by atoms with Crippen molar-refractivity contribution in [3.05, 3.63) is 64.6 Å². The largest absolute Gasteiger partial charge is 0.372 e. The molecule has 1 aromatic heterocycles. The zero-order valence-corrected chi connectivity index (χ0v) is 16.4. The van der Waals surface area contributed by atoms with Crippen LogP contribution in [-0.4, -0.2) is 40.3 Å². The lowest BCUT2D eigenvalue weighted by Gasteiger charge is -2.22. The molecule has 2 amide bonds. The van der Waals surface area contributed by atoms with Crippen molar-refractivity contribution in [2.75, 3.05) is 11.4 Å². The van der Waals surface area contributed by atoms with Gasteiger partial charge in [-0.05, 0) is 48.0 Å². The molecule has 1 aliphatic heterocycles. The lowest BCUT2D eigenvalue weighted by atomic mass is 10.0. The summed E-state index contributed by atoms with van der Waals surface area (Å²) in [5.41, 5.74) is -0.178. The van der Waals surface area contributed by atoms with Crippen molar-refractivity contribution in [2.45, 2.75) is 18.6 Å². The predicted octanol–water partition coefficient (Wildman–Crippen LogP) is 2.56. The Morgan fingerprint density at radius 1 is 1.30 bits per heavy atom. The molecular weight excluding hydrogens is 413 g/mol. The van der Waals surface area contributed by atoms with Crippen LogP contribution in [0.3, 0.4) is 0 Å². The molecule has 0 aliphatic carbocycles. The Kier molecular flexibility index (Phi) is 5.05. The van der Waals surface area contributed by atoms with Crippen molar-refractivity contribution >= 4 is 46.3 Å². The number of anilines is 1. The average Bonchev–Trinajstić information content (AvgIpc) is 3.26. The smallest absolute Gasteiger partial charge is 0.268 e. The molecular formula is C21H17ClFN3O4. The molecule has 4 rings (SSSR count). The summed E-state index contributed by atoms with van der Waals surface area (Å²) in [7, 11) is 0. The zero-order chi connectivity index (χ0) is 21.5. The van der Waals surface area contributed by atoms with E-state index in [1.54, 1.807) is 24.3 Å². The highest BCUT2D eigenvalue weighted by Crippen LogP contribution is 2.31. The lowest BCUT2D eigenvalue weighted by molar-refractivity contribution is -0.149. The summed E-state index contributed by atoms with van der Waals surface area (Å²) < 4.78 is 13.4. The van der Waals surface area contributed by atoms with E-state index in [1.807, 2.05) is 0 Å². The van der Waals surface area contributed by atoms with E-state index in [2.05, 4.69) is 10.3 Å². The van der Waals surface area contributed by atoms with Gasteiger partial charge in [-0.1, -0.05) is 11.6 Å². The molecule has 0 bridgehead atoms. The molecule has 0 spiro atoms. The summed E-state index contributed by atoms with van der Waals surface area (Å²) in [6.45, 7) is 0.0562. The van der Waals surface area contributed by atoms with Crippen LogP contribution in [0, 0.1) is 5.82 Å². The number of benzene rings is 2. The Morgan fingerprint density at radius 2 is 2.10 bits per heavy atom. The molecule has 7 nitrogen and oxygen atoms in total. The van der Waals surface area contributed by atoms with Crippen LogP contribution in [0.4, 0.5) is 10.1 Å².